The molecule has 2 heterocycles. The largest absolute Gasteiger partial charge is 0.467 e. The highest BCUT2D eigenvalue weighted by Gasteiger charge is 2.62. The molecule has 3 saturated carbocycles. The van der Waals surface area contributed by atoms with E-state index >= 15 is 0 Å². The zero-order valence-corrected chi connectivity index (χ0v) is 16.8. The SMILES string of the molecule is C[C@@]12CC[C@H](C[C@@H]1C(=O)N[C@@H]1CSC[C@@H]1O)[C@@]1(C2)NC(=O)c2ccccc2O1. The van der Waals surface area contributed by atoms with E-state index in [1.807, 2.05) is 18.2 Å². The molecule has 28 heavy (non-hydrogen) atoms. The maximum Gasteiger partial charge on any atom is 0.258 e. The van der Waals surface area contributed by atoms with Gasteiger partial charge < -0.3 is 20.5 Å². The quantitative estimate of drug-likeness (QED) is 0.704. The van der Waals surface area contributed by atoms with Crippen LogP contribution >= 0.6 is 11.8 Å². The average Bonchev–Trinajstić information content (AvgIpc) is 3.06. The smallest absolute Gasteiger partial charge is 0.258 e. The summed E-state index contributed by atoms with van der Waals surface area (Å²) in [6, 6.07) is 7.19. The summed E-state index contributed by atoms with van der Waals surface area (Å²) >= 11 is 1.67. The number of benzene rings is 1. The Balaban J connectivity index is 1.38. The van der Waals surface area contributed by atoms with E-state index in [9.17, 15) is 14.7 Å². The first-order chi connectivity index (χ1) is 13.4. The van der Waals surface area contributed by atoms with Gasteiger partial charge in [0.1, 0.15) is 5.75 Å². The lowest BCUT2D eigenvalue weighted by Gasteiger charge is -2.59. The molecule has 7 heteroatoms. The minimum atomic E-state index is -0.724. The van der Waals surface area contributed by atoms with Crippen LogP contribution in [0.3, 0.4) is 0 Å². The summed E-state index contributed by atoms with van der Waals surface area (Å²) in [6.07, 6.45) is 2.74. The molecular formula is C21H26N2O4S. The van der Waals surface area contributed by atoms with Crippen molar-refractivity contribution in [3.8, 4) is 5.75 Å². The van der Waals surface area contributed by atoms with Crippen molar-refractivity contribution in [1.29, 1.82) is 0 Å². The third kappa shape index (κ3) is 2.74. The predicted octanol–water partition coefficient (Wildman–Crippen LogP) is 1.92. The molecular weight excluding hydrogens is 376 g/mol. The molecule has 2 aliphatic heterocycles. The van der Waals surface area contributed by atoms with Gasteiger partial charge in [0.15, 0.2) is 5.72 Å². The molecule has 1 aromatic rings. The summed E-state index contributed by atoms with van der Waals surface area (Å²) in [5.74, 6) is 2.01. The van der Waals surface area contributed by atoms with E-state index in [0.29, 0.717) is 29.9 Å². The molecule has 1 aromatic carbocycles. The molecule has 3 aliphatic carbocycles. The monoisotopic (exact) mass is 402 g/mol. The Morgan fingerprint density at radius 2 is 2.18 bits per heavy atom. The van der Waals surface area contributed by atoms with Gasteiger partial charge in [-0.2, -0.15) is 11.8 Å². The minimum absolute atomic E-state index is 0.0381. The number of rotatable bonds is 2. The van der Waals surface area contributed by atoms with E-state index in [0.717, 1.165) is 18.6 Å². The van der Waals surface area contributed by atoms with E-state index in [1.54, 1.807) is 17.8 Å². The summed E-state index contributed by atoms with van der Waals surface area (Å²) in [7, 11) is 0. The number of carbonyl (C=O) groups excluding carboxylic acids is 2. The Labute approximate surface area is 168 Å². The third-order valence-electron chi connectivity index (χ3n) is 7.19. The van der Waals surface area contributed by atoms with Crippen LogP contribution in [0.15, 0.2) is 24.3 Å². The Morgan fingerprint density at radius 1 is 1.36 bits per heavy atom. The van der Waals surface area contributed by atoms with Crippen molar-refractivity contribution < 1.29 is 19.4 Å². The fraction of sp³-hybridized carbons (Fsp3) is 0.619. The zero-order chi connectivity index (χ0) is 19.5. The molecule has 0 unspecified atom stereocenters. The number of fused-ring (bicyclic) bond motifs is 3. The number of hydrogen-bond acceptors (Lipinski definition) is 5. The molecule has 1 saturated heterocycles. The number of nitrogens with one attached hydrogen (secondary N) is 2. The van der Waals surface area contributed by atoms with Crippen LogP contribution in [-0.4, -0.2) is 46.3 Å². The number of aliphatic hydroxyl groups is 1. The Morgan fingerprint density at radius 3 is 2.93 bits per heavy atom. The van der Waals surface area contributed by atoms with E-state index in [4.69, 9.17) is 4.74 Å². The van der Waals surface area contributed by atoms with Crippen LogP contribution in [0.2, 0.25) is 0 Å². The summed E-state index contributed by atoms with van der Waals surface area (Å²) in [5.41, 5.74) is -0.394. The van der Waals surface area contributed by atoms with Gasteiger partial charge in [-0.25, -0.2) is 0 Å². The summed E-state index contributed by atoms with van der Waals surface area (Å²) < 4.78 is 6.40. The van der Waals surface area contributed by atoms with Gasteiger partial charge in [-0.1, -0.05) is 19.1 Å². The molecule has 5 aliphatic rings. The van der Waals surface area contributed by atoms with Gasteiger partial charge in [0.2, 0.25) is 5.91 Å². The van der Waals surface area contributed by atoms with Crippen molar-refractivity contribution >= 4 is 23.6 Å². The number of carbonyl (C=O) groups is 2. The van der Waals surface area contributed by atoms with Gasteiger partial charge in [-0.05, 0) is 36.8 Å². The van der Waals surface area contributed by atoms with Crippen molar-refractivity contribution in [2.45, 2.75) is 50.5 Å². The second kappa shape index (κ2) is 6.39. The van der Waals surface area contributed by atoms with Crippen LogP contribution in [0.4, 0.5) is 0 Å². The molecule has 2 bridgehead atoms. The molecule has 150 valence electrons. The molecule has 6 rings (SSSR count). The highest BCUT2D eigenvalue weighted by molar-refractivity contribution is 7.99. The first kappa shape index (κ1) is 18.3. The fourth-order valence-corrected chi connectivity index (χ4v) is 6.79. The highest BCUT2D eigenvalue weighted by Crippen LogP contribution is 2.58. The topological polar surface area (TPSA) is 87.7 Å². The van der Waals surface area contributed by atoms with Gasteiger partial charge in [-0.15, -0.1) is 0 Å². The molecule has 6 atom stereocenters. The van der Waals surface area contributed by atoms with Crippen molar-refractivity contribution in [3.63, 3.8) is 0 Å². The van der Waals surface area contributed by atoms with Gasteiger partial charge in [-0.3, -0.25) is 9.59 Å². The lowest BCUT2D eigenvalue weighted by molar-refractivity contribution is -0.168. The Bertz CT molecular complexity index is 832. The number of amides is 2. The second-order valence-electron chi connectivity index (χ2n) is 9.02. The lowest BCUT2D eigenvalue weighted by Crippen LogP contribution is -2.69. The van der Waals surface area contributed by atoms with Crippen LogP contribution in [0, 0.1) is 17.3 Å². The minimum Gasteiger partial charge on any atom is -0.467 e. The highest BCUT2D eigenvalue weighted by atomic mass is 32.2. The van der Waals surface area contributed by atoms with Crippen molar-refractivity contribution in [3.05, 3.63) is 29.8 Å². The summed E-state index contributed by atoms with van der Waals surface area (Å²) in [5, 5.41) is 16.3. The maximum atomic E-state index is 13.1. The second-order valence-corrected chi connectivity index (χ2v) is 10.1. The van der Waals surface area contributed by atoms with Crippen molar-refractivity contribution in [1.82, 2.24) is 10.6 Å². The zero-order valence-electron chi connectivity index (χ0n) is 15.9. The van der Waals surface area contributed by atoms with Crippen molar-refractivity contribution in [2.75, 3.05) is 11.5 Å². The number of ether oxygens (including phenoxy) is 1. The van der Waals surface area contributed by atoms with Crippen LogP contribution in [-0.2, 0) is 4.79 Å². The predicted molar refractivity (Wildman–Crippen MR) is 106 cm³/mol. The number of hydrogen-bond donors (Lipinski definition) is 3. The number of para-hydroxylation sites is 1. The first-order valence-electron chi connectivity index (χ1n) is 10.1. The van der Waals surface area contributed by atoms with Gasteiger partial charge in [0.05, 0.1) is 17.7 Å². The van der Waals surface area contributed by atoms with Gasteiger partial charge in [0, 0.05) is 29.8 Å². The summed E-state index contributed by atoms with van der Waals surface area (Å²) in [4.78, 5) is 25.8. The Kier molecular flexibility index (Phi) is 4.18. The standard InChI is InChI=1S/C21H26N2O4S/c1-20-7-6-12(8-14(20)19(26)22-15-9-28-10-16(15)24)21(11-20)23-18(25)13-4-2-3-5-17(13)27-21/h2-5,12,14-16,24H,6-11H2,1H3,(H,22,26)(H,23,25)/t12-,14-,15-,16+,20+,21+/m1/s1. The lowest BCUT2D eigenvalue weighted by atomic mass is 9.52. The van der Waals surface area contributed by atoms with E-state index in [-0.39, 0.29) is 35.1 Å². The average molecular weight is 403 g/mol. The van der Waals surface area contributed by atoms with Crippen LogP contribution < -0.4 is 15.4 Å². The van der Waals surface area contributed by atoms with Crippen LogP contribution in [0.1, 0.15) is 43.0 Å². The first-order valence-corrected chi connectivity index (χ1v) is 11.2. The molecule has 0 aromatic heterocycles. The van der Waals surface area contributed by atoms with Crippen LogP contribution in [0.5, 0.6) is 5.75 Å². The molecule has 2 amide bonds. The van der Waals surface area contributed by atoms with E-state index in [1.165, 1.54) is 0 Å². The fourth-order valence-electron chi connectivity index (χ4n) is 5.62. The summed E-state index contributed by atoms with van der Waals surface area (Å²) in [6.45, 7) is 2.14. The van der Waals surface area contributed by atoms with Crippen LogP contribution in [0.25, 0.3) is 0 Å². The Hall–Kier alpha value is -1.73. The van der Waals surface area contributed by atoms with E-state index < -0.39 is 11.8 Å². The molecule has 3 N–H and O–H groups in total. The van der Waals surface area contributed by atoms with Gasteiger partial charge >= 0.3 is 0 Å². The van der Waals surface area contributed by atoms with E-state index in [2.05, 4.69) is 17.6 Å². The normalized spacial score (nSPS) is 41.3. The number of thioether (sulfide) groups is 1. The maximum absolute atomic E-state index is 13.1. The molecule has 1 spiro atoms. The third-order valence-corrected chi connectivity index (χ3v) is 8.37. The molecule has 4 fully saturated rings. The molecule has 6 nitrogen and oxygen atoms in total. The number of aliphatic hydroxyl groups excluding tert-OH is 1. The van der Waals surface area contributed by atoms with Crippen molar-refractivity contribution in [2.24, 2.45) is 17.3 Å². The molecule has 0 radical (unpaired) electrons. The van der Waals surface area contributed by atoms with Gasteiger partial charge in [0.25, 0.3) is 5.91 Å².